The minimum Gasteiger partial charge on any atom is -0.303 e. The van der Waals surface area contributed by atoms with E-state index in [1.54, 1.807) is 0 Å². The molecule has 0 aromatic rings. The van der Waals surface area contributed by atoms with Crippen LogP contribution in [0.4, 0.5) is 0 Å². The third-order valence-corrected chi connectivity index (χ3v) is 3.71. The Hall–Kier alpha value is 0.500. The van der Waals surface area contributed by atoms with Crippen molar-refractivity contribution >= 4 is 41.7 Å². The Morgan fingerprint density at radius 3 is 2.05 bits per heavy atom. The molecule has 0 aliphatic rings. The van der Waals surface area contributed by atoms with E-state index in [0.717, 1.165) is 34.4 Å². The van der Waals surface area contributed by atoms with Gasteiger partial charge in [-0.25, -0.2) is 4.57 Å². The number of aliphatic hydroxyl groups is 2. The number of carboxylic acid groups (broad SMARTS) is 1. The van der Waals surface area contributed by atoms with Gasteiger partial charge >= 0.3 is 110 Å². The third kappa shape index (κ3) is 18.5. The topological polar surface area (TPSA) is 156 Å². The van der Waals surface area contributed by atoms with Crippen molar-refractivity contribution in [3.05, 3.63) is 0 Å². The second-order valence-corrected chi connectivity index (χ2v) is 7.16. The van der Waals surface area contributed by atoms with Gasteiger partial charge in [0.25, 0.3) is 0 Å². The van der Waals surface area contributed by atoms with Crippen LogP contribution in [-0.4, -0.2) is 76.1 Å². The fraction of sp³-hybridized carbons (Fsp3) is 0.889. The zero-order valence-electron chi connectivity index (χ0n) is 11.1. The number of aliphatic carboxylic acids is 1. The molecule has 0 rings (SSSR count). The second-order valence-electron chi connectivity index (χ2n) is 4.50. The molecule has 0 aliphatic heterocycles. The van der Waals surface area contributed by atoms with Crippen molar-refractivity contribution in [2.24, 2.45) is 0 Å². The summed E-state index contributed by atoms with van der Waals surface area (Å²) in [6, 6.07) is 0. The Morgan fingerprint density at radius 1 is 1.37 bits per heavy atom. The summed E-state index contributed by atoms with van der Waals surface area (Å²) in [6.07, 6.45) is 1.33. The van der Waals surface area contributed by atoms with E-state index < -0.39 is 19.4 Å². The average Bonchev–Trinajstić information content (AvgIpc) is 2.13. The maximum absolute atomic E-state index is 10.5. The SMILES string of the molecule is CC[CH]([Na])CC(O)(CCO)CC(=O)O.O=P(O)(O)O. The molecular formula is C9H20NaO8P. The van der Waals surface area contributed by atoms with E-state index in [1.807, 2.05) is 6.92 Å². The molecule has 8 nitrogen and oxygen atoms in total. The molecule has 0 saturated carbocycles. The first-order valence-electron chi connectivity index (χ1n) is 5.77. The maximum Gasteiger partial charge on any atom is 0.466 e. The third-order valence-electron chi connectivity index (χ3n) is 2.48. The summed E-state index contributed by atoms with van der Waals surface area (Å²) in [5.74, 6) is -1.01. The molecule has 2 unspecified atom stereocenters. The molecule has 0 aromatic heterocycles. The van der Waals surface area contributed by atoms with Crippen LogP contribution in [0.2, 0.25) is 3.17 Å². The van der Waals surface area contributed by atoms with Gasteiger partial charge in [-0.2, -0.15) is 0 Å². The van der Waals surface area contributed by atoms with Crippen molar-refractivity contribution in [3.63, 3.8) is 0 Å². The average molecular weight is 310 g/mol. The van der Waals surface area contributed by atoms with E-state index >= 15 is 0 Å². The van der Waals surface area contributed by atoms with Gasteiger partial charge < -0.3 is 14.7 Å². The number of aliphatic hydroxyl groups excluding tert-OH is 1. The molecule has 2 atom stereocenters. The molecule has 0 radical (unpaired) electrons. The second kappa shape index (κ2) is 10.3. The summed E-state index contributed by atoms with van der Waals surface area (Å²) in [7, 11) is -4.64. The molecule has 0 aromatic carbocycles. The minimum absolute atomic E-state index is 0.151. The van der Waals surface area contributed by atoms with Crippen LogP contribution in [0.1, 0.15) is 32.6 Å². The molecule has 0 bridgehead atoms. The van der Waals surface area contributed by atoms with Gasteiger partial charge in [-0.1, -0.05) is 0 Å². The van der Waals surface area contributed by atoms with E-state index in [2.05, 4.69) is 0 Å². The summed E-state index contributed by atoms with van der Waals surface area (Å²) in [5, 5.41) is 27.4. The minimum atomic E-state index is -4.64. The maximum atomic E-state index is 10.5. The molecule has 0 heterocycles. The molecule has 6 N–H and O–H groups in total. The Labute approximate surface area is 129 Å². The van der Waals surface area contributed by atoms with Crippen molar-refractivity contribution < 1.29 is 39.4 Å². The Morgan fingerprint density at radius 2 is 1.79 bits per heavy atom. The standard InChI is InChI=1S/C9H17O4.Na.H3O4P/c1-2-3-4-9(13,5-6-10)7-8(11)12;;1-5(2,3)4/h3,10,13H,2,4-7H2,1H3,(H,11,12);;(H3,1,2,3,4). The first-order valence-corrected chi connectivity index (χ1v) is 8.49. The summed E-state index contributed by atoms with van der Waals surface area (Å²) in [4.78, 5) is 32.1. The first-order chi connectivity index (χ1) is 8.43. The van der Waals surface area contributed by atoms with E-state index in [1.165, 1.54) is 0 Å². The molecule has 19 heavy (non-hydrogen) atoms. The summed E-state index contributed by atoms with van der Waals surface area (Å²) < 4.78 is 9.29. The van der Waals surface area contributed by atoms with Crippen LogP contribution in [0.25, 0.3) is 0 Å². The van der Waals surface area contributed by atoms with Crippen LogP contribution in [0.5, 0.6) is 0 Å². The molecule has 0 fully saturated rings. The van der Waals surface area contributed by atoms with Crippen molar-refractivity contribution in [3.8, 4) is 0 Å². The van der Waals surface area contributed by atoms with Gasteiger partial charge in [0.15, 0.2) is 0 Å². The van der Waals surface area contributed by atoms with Crippen molar-refractivity contribution in [2.45, 2.75) is 41.4 Å². The van der Waals surface area contributed by atoms with Gasteiger partial charge in [0.2, 0.25) is 0 Å². The van der Waals surface area contributed by atoms with Crippen LogP contribution in [0.15, 0.2) is 0 Å². The molecular weight excluding hydrogens is 290 g/mol. The van der Waals surface area contributed by atoms with E-state index in [-0.39, 0.29) is 19.4 Å². The van der Waals surface area contributed by atoms with Gasteiger partial charge in [-0.3, -0.25) is 0 Å². The quantitative estimate of drug-likeness (QED) is 0.269. The van der Waals surface area contributed by atoms with Crippen LogP contribution < -0.4 is 0 Å². The van der Waals surface area contributed by atoms with E-state index in [4.69, 9.17) is 29.5 Å². The monoisotopic (exact) mass is 310 g/mol. The van der Waals surface area contributed by atoms with Crippen LogP contribution in [-0.2, 0) is 9.36 Å². The Kier molecular flexibility index (Phi) is 11.8. The predicted molar refractivity (Wildman–Crippen MR) is 67.6 cm³/mol. The Balaban J connectivity index is 0. The van der Waals surface area contributed by atoms with E-state index in [0.29, 0.717) is 9.59 Å². The number of hydrogen-bond acceptors (Lipinski definition) is 4. The van der Waals surface area contributed by atoms with Crippen molar-refractivity contribution in [1.82, 2.24) is 0 Å². The van der Waals surface area contributed by atoms with Crippen LogP contribution in [0, 0.1) is 0 Å². The number of rotatable bonds is 7. The molecule has 110 valence electrons. The zero-order valence-corrected chi connectivity index (χ0v) is 14.0. The largest absolute Gasteiger partial charge is 0.466 e. The number of phosphoric acid groups is 1. The summed E-state index contributed by atoms with van der Waals surface area (Å²) in [5.41, 5.74) is -1.22. The first kappa shape index (κ1) is 21.8. The smallest absolute Gasteiger partial charge is 0.303 e. The van der Waals surface area contributed by atoms with Gasteiger partial charge in [0.05, 0.1) is 0 Å². The molecule has 0 spiro atoms. The fourth-order valence-electron chi connectivity index (χ4n) is 1.55. The number of hydrogen-bond donors (Lipinski definition) is 6. The van der Waals surface area contributed by atoms with Gasteiger partial charge in [0, 0.05) is 0 Å². The fourth-order valence-corrected chi connectivity index (χ4v) is 2.31. The summed E-state index contributed by atoms with van der Waals surface area (Å²) >= 11 is 0.944. The predicted octanol–water partition coefficient (Wildman–Crippen LogP) is -0.597. The van der Waals surface area contributed by atoms with Crippen LogP contribution in [0.3, 0.4) is 0 Å². The zero-order chi connectivity index (χ0) is 15.7. The van der Waals surface area contributed by atoms with E-state index in [9.17, 15) is 9.90 Å². The molecule has 0 amide bonds. The van der Waals surface area contributed by atoms with Gasteiger partial charge in [-0.05, 0) is 0 Å². The van der Waals surface area contributed by atoms with Gasteiger partial charge in [-0.15, -0.1) is 0 Å². The molecule has 0 aliphatic carbocycles. The van der Waals surface area contributed by atoms with Gasteiger partial charge in [0.1, 0.15) is 0 Å². The Bertz CT molecular complexity index is 298. The number of carbonyl (C=O) groups is 1. The molecule has 0 saturated heterocycles. The normalized spacial score (nSPS) is 16.0. The number of carboxylic acids is 1. The molecule has 10 heteroatoms. The van der Waals surface area contributed by atoms with Crippen molar-refractivity contribution in [2.75, 3.05) is 6.61 Å². The van der Waals surface area contributed by atoms with Crippen LogP contribution >= 0.6 is 7.82 Å². The summed E-state index contributed by atoms with van der Waals surface area (Å²) in [6.45, 7) is 1.86. The van der Waals surface area contributed by atoms with Crippen molar-refractivity contribution in [1.29, 1.82) is 0 Å².